The fourth-order valence-corrected chi connectivity index (χ4v) is 2.46. The fourth-order valence-electron chi connectivity index (χ4n) is 1.82. The molecule has 0 amide bonds. The molecule has 0 aliphatic carbocycles. The largest absolute Gasteiger partial charge is 1.00 e. The van der Waals surface area contributed by atoms with Crippen LogP contribution in [0.1, 0.15) is 33.2 Å². The topological polar surface area (TPSA) is 118 Å². The predicted octanol–water partition coefficient (Wildman–Crippen LogP) is -1.22. The van der Waals surface area contributed by atoms with Crippen molar-refractivity contribution >= 4 is 22.1 Å². The molecule has 0 aromatic heterocycles. The number of carboxylic acids is 1. The Balaban J connectivity index is 0. The molecule has 0 radical (unpaired) electrons. The molecular formula is C14H19NaO7S. The molecule has 124 valence electrons. The standard InChI is InChI=1S/C14H18O7S.Na.H/c1-2-3-6-10-7-4-5-8-11(10)21-14(17)12(9-13(15)16)22(18,19)20;;/h4-5,7-8,12H,2-3,6,9H2,1H3,(H,15,16)(H,18,19,20);;/q;+1;-1. The quantitative estimate of drug-likeness (QED) is 0.260. The van der Waals surface area contributed by atoms with E-state index < -0.39 is 33.7 Å². The second-order valence-electron chi connectivity index (χ2n) is 4.73. The van der Waals surface area contributed by atoms with E-state index in [0.29, 0.717) is 12.0 Å². The van der Waals surface area contributed by atoms with Gasteiger partial charge in [-0.2, -0.15) is 8.42 Å². The summed E-state index contributed by atoms with van der Waals surface area (Å²) in [6, 6.07) is 6.58. The second-order valence-corrected chi connectivity index (χ2v) is 6.33. The Hall–Kier alpha value is -0.930. The van der Waals surface area contributed by atoms with Crippen LogP contribution in [-0.4, -0.2) is 35.3 Å². The van der Waals surface area contributed by atoms with E-state index in [-0.39, 0.29) is 36.7 Å². The number of rotatable bonds is 8. The van der Waals surface area contributed by atoms with Gasteiger partial charge in [0.25, 0.3) is 10.1 Å². The van der Waals surface area contributed by atoms with Crippen molar-refractivity contribution < 1.29 is 63.4 Å². The molecule has 9 heteroatoms. The van der Waals surface area contributed by atoms with Gasteiger partial charge in [0.05, 0.1) is 6.42 Å². The molecule has 0 spiro atoms. The number of esters is 1. The van der Waals surface area contributed by atoms with Crippen molar-refractivity contribution in [2.45, 2.75) is 37.9 Å². The first kappa shape index (κ1) is 22.1. The molecule has 1 unspecified atom stereocenters. The molecule has 7 nitrogen and oxygen atoms in total. The van der Waals surface area contributed by atoms with E-state index in [4.69, 9.17) is 14.4 Å². The number of hydrogen-bond acceptors (Lipinski definition) is 5. The molecule has 2 N–H and O–H groups in total. The fraction of sp³-hybridized carbons (Fsp3) is 0.429. The summed E-state index contributed by atoms with van der Waals surface area (Å²) in [5.74, 6) is -2.67. The summed E-state index contributed by atoms with van der Waals surface area (Å²) in [6.45, 7) is 2.00. The van der Waals surface area contributed by atoms with Crippen molar-refractivity contribution in [1.82, 2.24) is 0 Å². The van der Waals surface area contributed by atoms with Gasteiger partial charge >= 0.3 is 41.5 Å². The van der Waals surface area contributed by atoms with E-state index in [2.05, 4.69) is 0 Å². The third kappa shape index (κ3) is 7.45. The van der Waals surface area contributed by atoms with Gasteiger partial charge in [0, 0.05) is 0 Å². The Morgan fingerprint density at radius 2 is 1.91 bits per heavy atom. The van der Waals surface area contributed by atoms with Gasteiger partial charge in [0.2, 0.25) is 0 Å². The molecule has 0 fully saturated rings. The summed E-state index contributed by atoms with van der Waals surface area (Å²) in [5.41, 5.74) is 0.710. The first-order valence-corrected chi connectivity index (χ1v) is 8.23. The number of aryl methyl sites for hydroxylation is 1. The van der Waals surface area contributed by atoms with Gasteiger partial charge < -0.3 is 11.3 Å². The minimum absolute atomic E-state index is 0. The molecule has 0 aliphatic heterocycles. The van der Waals surface area contributed by atoms with E-state index in [1.165, 1.54) is 6.07 Å². The monoisotopic (exact) mass is 354 g/mol. The Morgan fingerprint density at radius 1 is 1.30 bits per heavy atom. The zero-order chi connectivity index (χ0) is 16.8. The Bertz CT molecular complexity index is 648. The van der Waals surface area contributed by atoms with Crippen LogP contribution in [0.4, 0.5) is 0 Å². The summed E-state index contributed by atoms with van der Waals surface area (Å²) in [6.07, 6.45) is 1.35. The summed E-state index contributed by atoms with van der Waals surface area (Å²) in [7, 11) is -4.86. The maximum absolute atomic E-state index is 11.9. The molecular weight excluding hydrogens is 335 g/mol. The van der Waals surface area contributed by atoms with Crippen molar-refractivity contribution in [3.05, 3.63) is 29.8 Å². The average Bonchev–Trinajstić information content (AvgIpc) is 2.42. The normalized spacial score (nSPS) is 12.1. The minimum Gasteiger partial charge on any atom is -1.00 e. The van der Waals surface area contributed by atoms with Crippen LogP contribution in [0.2, 0.25) is 0 Å². The number of carboxylic acid groups (broad SMARTS) is 1. The number of unbranched alkanes of at least 4 members (excludes halogenated alkanes) is 1. The van der Waals surface area contributed by atoms with Crippen LogP contribution in [0, 0.1) is 0 Å². The van der Waals surface area contributed by atoms with Gasteiger partial charge in [-0.3, -0.25) is 14.1 Å². The summed E-state index contributed by atoms with van der Waals surface area (Å²) in [5, 5.41) is 6.50. The minimum atomic E-state index is -4.86. The Morgan fingerprint density at radius 3 is 2.43 bits per heavy atom. The van der Waals surface area contributed by atoms with Crippen LogP contribution >= 0.6 is 0 Å². The number of ether oxygens (including phenoxy) is 1. The number of para-hydroxylation sites is 1. The third-order valence-electron chi connectivity index (χ3n) is 2.97. The molecule has 1 atom stereocenters. The average molecular weight is 354 g/mol. The van der Waals surface area contributed by atoms with Gasteiger partial charge in [0.1, 0.15) is 5.75 Å². The van der Waals surface area contributed by atoms with Gasteiger partial charge in [-0.05, 0) is 24.5 Å². The zero-order valence-corrected chi connectivity index (χ0v) is 15.9. The van der Waals surface area contributed by atoms with Crippen molar-refractivity contribution in [3.63, 3.8) is 0 Å². The predicted molar refractivity (Wildman–Crippen MR) is 79.4 cm³/mol. The van der Waals surface area contributed by atoms with Gasteiger partial charge in [0.15, 0.2) is 5.25 Å². The number of hydrogen-bond donors (Lipinski definition) is 2. The van der Waals surface area contributed by atoms with Gasteiger partial charge in [-0.25, -0.2) is 0 Å². The summed E-state index contributed by atoms with van der Waals surface area (Å²) in [4.78, 5) is 22.5. The Kier molecular flexibility index (Phi) is 9.64. The van der Waals surface area contributed by atoms with E-state index in [1.807, 2.05) is 6.92 Å². The van der Waals surface area contributed by atoms with Crippen LogP contribution in [0.5, 0.6) is 5.75 Å². The number of carbonyl (C=O) groups is 2. The smallest absolute Gasteiger partial charge is 1.00 e. The molecule has 1 aromatic rings. The zero-order valence-electron chi connectivity index (χ0n) is 14.1. The van der Waals surface area contributed by atoms with E-state index >= 15 is 0 Å². The molecule has 23 heavy (non-hydrogen) atoms. The van der Waals surface area contributed by atoms with E-state index in [1.54, 1.807) is 18.2 Å². The molecule has 1 aromatic carbocycles. The molecule has 0 saturated heterocycles. The van der Waals surface area contributed by atoms with Gasteiger partial charge in [-0.15, -0.1) is 0 Å². The van der Waals surface area contributed by atoms with Crippen LogP contribution < -0.4 is 34.3 Å². The molecule has 0 saturated carbocycles. The number of benzene rings is 1. The van der Waals surface area contributed by atoms with Crippen molar-refractivity contribution in [2.24, 2.45) is 0 Å². The number of carbonyl (C=O) groups excluding carboxylic acids is 1. The number of aliphatic carboxylic acids is 1. The Labute approximate surface area is 158 Å². The van der Waals surface area contributed by atoms with Crippen molar-refractivity contribution in [2.75, 3.05) is 0 Å². The van der Waals surface area contributed by atoms with Crippen molar-refractivity contribution in [1.29, 1.82) is 0 Å². The van der Waals surface area contributed by atoms with Crippen molar-refractivity contribution in [3.8, 4) is 5.75 Å². The first-order valence-electron chi connectivity index (χ1n) is 6.73. The summed E-state index contributed by atoms with van der Waals surface area (Å²) >= 11 is 0. The SMILES string of the molecule is CCCCc1ccccc1OC(=O)C(CC(=O)O)S(=O)(=O)O.[H-].[Na+]. The molecule has 0 bridgehead atoms. The third-order valence-corrected chi connectivity index (χ3v) is 4.04. The van der Waals surface area contributed by atoms with E-state index in [0.717, 1.165) is 12.8 Å². The molecule has 0 heterocycles. The van der Waals surface area contributed by atoms with Crippen LogP contribution in [0.25, 0.3) is 0 Å². The second kappa shape index (κ2) is 10.0. The van der Waals surface area contributed by atoms with Gasteiger partial charge in [-0.1, -0.05) is 31.5 Å². The van der Waals surface area contributed by atoms with E-state index in [9.17, 15) is 18.0 Å². The maximum Gasteiger partial charge on any atom is 1.00 e. The molecule has 0 aliphatic rings. The van der Waals surface area contributed by atoms with Crippen LogP contribution in [0.15, 0.2) is 24.3 Å². The summed E-state index contributed by atoms with van der Waals surface area (Å²) < 4.78 is 36.3. The van der Waals surface area contributed by atoms with Crippen LogP contribution in [0.3, 0.4) is 0 Å². The first-order chi connectivity index (χ1) is 10.3. The molecule has 1 rings (SSSR count). The maximum atomic E-state index is 11.9. The van der Waals surface area contributed by atoms with Crippen LogP contribution in [-0.2, 0) is 26.1 Å².